The van der Waals surface area contributed by atoms with E-state index in [0.29, 0.717) is 5.33 Å². The zero-order valence-electron chi connectivity index (χ0n) is 12.6. The molecule has 0 radical (unpaired) electrons. The fourth-order valence-corrected chi connectivity index (χ4v) is 2.05. The van der Waals surface area contributed by atoms with Gasteiger partial charge in [0.15, 0.2) is 0 Å². The number of alkyl halides is 1. The molecule has 0 atom stereocenters. The summed E-state index contributed by atoms with van der Waals surface area (Å²) >= 11 is 3.37. The molecule has 0 unspecified atom stereocenters. The van der Waals surface area contributed by atoms with Gasteiger partial charge in [0.2, 0.25) is 5.75 Å². The molecule has 1 aromatic rings. The highest BCUT2D eigenvalue weighted by Crippen LogP contribution is 2.32. The van der Waals surface area contributed by atoms with Gasteiger partial charge < -0.3 is 9.64 Å². The third-order valence-corrected chi connectivity index (χ3v) is 4.62. The summed E-state index contributed by atoms with van der Waals surface area (Å²) in [5.74, 6) is -0.293. The molecule has 1 aromatic carbocycles. The molecule has 7 heteroatoms. The maximum Gasteiger partial charge on any atom is 0.311 e. The van der Waals surface area contributed by atoms with Crippen molar-refractivity contribution in [2.24, 2.45) is 0 Å². The molecule has 0 aromatic heterocycles. The summed E-state index contributed by atoms with van der Waals surface area (Å²) in [6.07, 6.45) is 0. The monoisotopic (exact) mass is 358 g/mol. The second kappa shape index (κ2) is 6.89. The van der Waals surface area contributed by atoms with Crippen molar-refractivity contribution < 1.29 is 14.5 Å². The lowest BCUT2D eigenvalue weighted by Crippen LogP contribution is -2.46. The molecule has 6 nitrogen and oxygen atoms in total. The molecule has 0 fully saturated rings. The summed E-state index contributed by atoms with van der Waals surface area (Å²) in [5, 5.41) is 11.7. The smallest absolute Gasteiger partial charge is 0.311 e. The molecule has 0 heterocycles. The van der Waals surface area contributed by atoms with Crippen molar-refractivity contribution in [2.75, 3.05) is 19.0 Å². The van der Waals surface area contributed by atoms with Crippen LogP contribution in [0.15, 0.2) is 18.2 Å². The first-order chi connectivity index (χ1) is 9.76. The predicted molar refractivity (Wildman–Crippen MR) is 84.2 cm³/mol. The van der Waals surface area contributed by atoms with Crippen LogP contribution in [0.3, 0.4) is 0 Å². The Hall–Kier alpha value is -1.63. The van der Waals surface area contributed by atoms with E-state index >= 15 is 0 Å². The molecule has 116 valence electrons. The normalized spacial score (nSPS) is 11.1. The van der Waals surface area contributed by atoms with Crippen molar-refractivity contribution in [3.63, 3.8) is 0 Å². The topological polar surface area (TPSA) is 72.7 Å². The van der Waals surface area contributed by atoms with E-state index in [2.05, 4.69) is 15.9 Å². The van der Waals surface area contributed by atoms with Gasteiger partial charge in [-0.05, 0) is 26.8 Å². The van der Waals surface area contributed by atoms with Crippen LogP contribution >= 0.6 is 15.9 Å². The van der Waals surface area contributed by atoms with Crippen LogP contribution < -0.4 is 4.74 Å². The van der Waals surface area contributed by atoms with Gasteiger partial charge in [-0.1, -0.05) is 22.0 Å². The minimum absolute atomic E-state index is 0.0206. The van der Waals surface area contributed by atoms with Gasteiger partial charge in [0.05, 0.1) is 17.1 Å². The molecule has 1 rings (SSSR count). The third kappa shape index (κ3) is 3.72. The highest BCUT2D eigenvalue weighted by Gasteiger charge is 2.31. The van der Waals surface area contributed by atoms with Gasteiger partial charge in [-0.25, -0.2) is 0 Å². The highest BCUT2D eigenvalue weighted by molar-refractivity contribution is 9.09. The largest absolute Gasteiger partial charge is 0.487 e. The first-order valence-corrected chi connectivity index (χ1v) is 7.62. The number of benzene rings is 1. The fraction of sp³-hybridized carbons (Fsp3) is 0.500. The Morgan fingerprint density at radius 2 is 2.10 bits per heavy atom. The van der Waals surface area contributed by atoms with Crippen molar-refractivity contribution in [2.45, 2.75) is 26.3 Å². The molecular formula is C14H19BrN2O4. The molecule has 0 bridgehead atoms. The molecule has 0 aliphatic heterocycles. The number of halogens is 1. The number of hydrogen-bond acceptors (Lipinski definition) is 4. The Labute approximate surface area is 132 Å². The van der Waals surface area contributed by atoms with Crippen molar-refractivity contribution in [1.82, 2.24) is 4.90 Å². The first-order valence-electron chi connectivity index (χ1n) is 6.50. The van der Waals surface area contributed by atoms with Crippen LogP contribution in [0.1, 0.15) is 31.1 Å². The average molecular weight is 359 g/mol. The summed E-state index contributed by atoms with van der Waals surface area (Å²) < 4.78 is 5.35. The third-order valence-electron chi connectivity index (χ3n) is 3.25. The maximum absolute atomic E-state index is 12.6. The van der Waals surface area contributed by atoms with Gasteiger partial charge in [0.1, 0.15) is 0 Å². The Morgan fingerprint density at radius 3 is 2.57 bits per heavy atom. The fourth-order valence-electron chi connectivity index (χ4n) is 1.68. The number of carbonyl (C=O) groups excluding carboxylic acids is 1. The molecule has 0 saturated heterocycles. The zero-order valence-corrected chi connectivity index (χ0v) is 14.1. The second-order valence-electron chi connectivity index (χ2n) is 5.15. The molecule has 1 amide bonds. The number of nitrogens with zero attached hydrogens (tertiary/aromatic N) is 2. The zero-order chi connectivity index (χ0) is 16.2. The summed E-state index contributed by atoms with van der Waals surface area (Å²) in [6, 6.07) is 4.36. The van der Waals surface area contributed by atoms with E-state index in [4.69, 9.17) is 4.74 Å². The number of rotatable bonds is 6. The van der Waals surface area contributed by atoms with E-state index in [9.17, 15) is 14.9 Å². The molecule has 21 heavy (non-hydrogen) atoms. The number of nitro groups is 1. The van der Waals surface area contributed by atoms with Gasteiger partial charge in [0.25, 0.3) is 5.91 Å². The number of para-hydroxylation sites is 1. The lowest BCUT2D eigenvalue weighted by molar-refractivity contribution is -0.385. The average Bonchev–Trinajstić information content (AvgIpc) is 2.46. The molecular weight excluding hydrogens is 340 g/mol. The van der Waals surface area contributed by atoms with E-state index < -0.39 is 10.5 Å². The van der Waals surface area contributed by atoms with E-state index in [-0.39, 0.29) is 29.5 Å². The van der Waals surface area contributed by atoms with Crippen LogP contribution in [0.5, 0.6) is 5.75 Å². The Balaban J connectivity index is 3.32. The van der Waals surface area contributed by atoms with Crippen LogP contribution in [-0.4, -0.2) is 40.3 Å². The van der Waals surface area contributed by atoms with Gasteiger partial charge in [-0.15, -0.1) is 0 Å². The summed E-state index contributed by atoms with van der Waals surface area (Å²) in [7, 11) is 1.66. The lowest BCUT2D eigenvalue weighted by Gasteiger charge is -2.34. The van der Waals surface area contributed by atoms with Crippen molar-refractivity contribution >= 4 is 27.5 Å². The Morgan fingerprint density at radius 1 is 1.48 bits per heavy atom. The minimum atomic E-state index is -0.544. The van der Waals surface area contributed by atoms with Crippen molar-refractivity contribution in [3.05, 3.63) is 33.9 Å². The van der Waals surface area contributed by atoms with Gasteiger partial charge >= 0.3 is 5.69 Å². The van der Waals surface area contributed by atoms with Gasteiger partial charge in [-0.2, -0.15) is 0 Å². The number of hydrogen-bond donors (Lipinski definition) is 0. The second-order valence-corrected chi connectivity index (χ2v) is 5.71. The van der Waals surface area contributed by atoms with E-state index in [1.54, 1.807) is 24.9 Å². The number of nitro benzene ring substituents is 1. The number of carbonyl (C=O) groups is 1. The molecule has 0 saturated carbocycles. The Kier molecular flexibility index (Phi) is 5.71. The number of ether oxygens (including phenoxy) is 1. The van der Waals surface area contributed by atoms with Crippen LogP contribution in [0, 0.1) is 10.1 Å². The maximum atomic E-state index is 12.6. The highest BCUT2D eigenvalue weighted by atomic mass is 79.9. The summed E-state index contributed by atoms with van der Waals surface area (Å²) in [6.45, 7) is 5.77. The predicted octanol–water partition coefficient (Wildman–Crippen LogP) is 3.24. The van der Waals surface area contributed by atoms with Crippen LogP contribution in [0.2, 0.25) is 0 Å². The van der Waals surface area contributed by atoms with E-state index in [0.717, 1.165) is 0 Å². The standard InChI is InChI=1S/C14H19BrN2O4/c1-5-21-12-10(7-6-8-11(12)17(19)20)13(18)16(4)14(2,3)9-15/h6-8H,5,9H2,1-4H3. The SMILES string of the molecule is CCOc1c(C(=O)N(C)C(C)(C)CBr)cccc1[N+](=O)[O-]. The quantitative estimate of drug-likeness (QED) is 0.444. The lowest BCUT2D eigenvalue weighted by atomic mass is 10.0. The van der Waals surface area contributed by atoms with E-state index in [1.807, 2.05) is 13.8 Å². The van der Waals surface area contributed by atoms with Gasteiger partial charge in [-0.3, -0.25) is 14.9 Å². The molecule has 0 aliphatic carbocycles. The Bertz CT molecular complexity index is 546. The minimum Gasteiger partial charge on any atom is -0.487 e. The first kappa shape index (κ1) is 17.4. The van der Waals surface area contributed by atoms with Crippen LogP contribution in [0.25, 0.3) is 0 Å². The summed E-state index contributed by atoms with van der Waals surface area (Å²) in [4.78, 5) is 24.7. The number of amides is 1. The molecule has 0 spiro atoms. The molecule has 0 N–H and O–H groups in total. The van der Waals surface area contributed by atoms with Crippen molar-refractivity contribution in [1.29, 1.82) is 0 Å². The van der Waals surface area contributed by atoms with E-state index in [1.165, 1.54) is 12.1 Å². The summed E-state index contributed by atoms with van der Waals surface area (Å²) in [5.41, 5.74) is -0.430. The van der Waals surface area contributed by atoms with Crippen LogP contribution in [-0.2, 0) is 0 Å². The molecule has 0 aliphatic rings. The van der Waals surface area contributed by atoms with Crippen molar-refractivity contribution in [3.8, 4) is 5.75 Å². The van der Waals surface area contributed by atoms with Gasteiger partial charge in [0, 0.05) is 24.0 Å². The van der Waals surface area contributed by atoms with Crippen LogP contribution in [0.4, 0.5) is 5.69 Å².